The number of nitrogens with zero attached hydrogens (tertiary/aromatic N) is 2. The summed E-state index contributed by atoms with van der Waals surface area (Å²) in [4.78, 5) is 14.1. The summed E-state index contributed by atoms with van der Waals surface area (Å²) in [6, 6.07) is 0. The van der Waals surface area contributed by atoms with Crippen molar-refractivity contribution >= 4 is 27.3 Å². The molecule has 0 aliphatic carbocycles. The number of rotatable bonds is 7. The van der Waals surface area contributed by atoms with Crippen LogP contribution in [0.25, 0.3) is 0 Å². The summed E-state index contributed by atoms with van der Waals surface area (Å²) in [5.74, 6) is 0.479. The molecule has 1 N–H and O–H groups in total. The maximum Gasteiger partial charge on any atom is 0.311 e. The van der Waals surface area contributed by atoms with E-state index in [-0.39, 0.29) is 5.69 Å². The number of nitrogens with one attached hydrogen (secondary N) is 1. The zero-order valence-corrected chi connectivity index (χ0v) is 11.9. The van der Waals surface area contributed by atoms with Crippen LogP contribution < -0.4 is 5.32 Å². The topological polar surface area (TPSA) is 77.3 Å². The fourth-order valence-corrected chi connectivity index (χ4v) is 1.77. The molecule has 0 radical (unpaired) electrons. The van der Waals surface area contributed by atoms with Gasteiger partial charge in [0.1, 0.15) is 11.9 Å². The molecule has 0 aromatic carbocycles. The molecule has 1 aromatic heterocycles. The fraction of sp³-hybridized carbons (Fsp3) is 0.545. The van der Waals surface area contributed by atoms with Gasteiger partial charge in [-0.2, -0.15) is 0 Å². The van der Waals surface area contributed by atoms with Crippen molar-refractivity contribution in [2.24, 2.45) is 5.92 Å². The molecule has 0 aliphatic heterocycles. The van der Waals surface area contributed by atoms with Gasteiger partial charge in [-0.15, -0.1) is 0 Å². The highest BCUT2D eigenvalue weighted by Crippen LogP contribution is 2.30. The minimum Gasteiger partial charge on any atom is -0.379 e. The molecule has 18 heavy (non-hydrogen) atoms. The van der Waals surface area contributed by atoms with Crippen LogP contribution in [0.15, 0.2) is 16.9 Å². The minimum absolute atomic E-state index is 0.0479. The minimum atomic E-state index is -0.463. The van der Waals surface area contributed by atoms with E-state index in [2.05, 4.69) is 40.1 Å². The average molecular weight is 318 g/mol. The molecular weight excluding hydrogens is 302 g/mol. The van der Waals surface area contributed by atoms with E-state index in [0.717, 1.165) is 0 Å². The molecule has 0 saturated heterocycles. The number of halogens is 1. The Bertz CT molecular complexity index is 413. The van der Waals surface area contributed by atoms with Crippen molar-refractivity contribution in [1.82, 2.24) is 4.98 Å². The van der Waals surface area contributed by atoms with Crippen molar-refractivity contribution in [2.75, 3.05) is 25.1 Å². The molecule has 1 rings (SSSR count). The largest absolute Gasteiger partial charge is 0.379 e. The molecule has 0 bridgehead atoms. The SMILES string of the molecule is CC(C)COCCNc1c(Br)cncc1[N+](=O)[O-]. The molecule has 0 fully saturated rings. The molecule has 100 valence electrons. The Balaban J connectivity index is 2.53. The van der Waals surface area contributed by atoms with Gasteiger partial charge in [-0.3, -0.25) is 15.1 Å². The van der Waals surface area contributed by atoms with Gasteiger partial charge in [0, 0.05) is 19.3 Å². The first-order chi connectivity index (χ1) is 8.52. The van der Waals surface area contributed by atoms with Crippen LogP contribution >= 0.6 is 15.9 Å². The first-order valence-electron chi connectivity index (χ1n) is 5.62. The third kappa shape index (κ3) is 4.58. The summed E-state index contributed by atoms with van der Waals surface area (Å²) in [6.45, 7) is 5.83. The van der Waals surface area contributed by atoms with Crippen molar-refractivity contribution in [3.63, 3.8) is 0 Å². The highest BCUT2D eigenvalue weighted by Gasteiger charge is 2.16. The lowest BCUT2D eigenvalue weighted by atomic mass is 10.2. The number of anilines is 1. The Morgan fingerprint density at radius 3 is 2.89 bits per heavy atom. The lowest BCUT2D eigenvalue weighted by molar-refractivity contribution is -0.384. The van der Waals surface area contributed by atoms with E-state index in [4.69, 9.17) is 4.74 Å². The summed E-state index contributed by atoms with van der Waals surface area (Å²) in [7, 11) is 0. The second kappa shape index (κ2) is 7.27. The summed E-state index contributed by atoms with van der Waals surface area (Å²) in [6.07, 6.45) is 2.74. The molecule has 6 nitrogen and oxygen atoms in total. The Labute approximate surface area is 114 Å². The van der Waals surface area contributed by atoms with Gasteiger partial charge in [0.15, 0.2) is 0 Å². The monoisotopic (exact) mass is 317 g/mol. The molecule has 0 aliphatic rings. The van der Waals surface area contributed by atoms with E-state index >= 15 is 0 Å². The molecule has 1 aromatic rings. The zero-order valence-electron chi connectivity index (χ0n) is 10.4. The van der Waals surface area contributed by atoms with Gasteiger partial charge in [0.05, 0.1) is 16.0 Å². The second-order valence-corrected chi connectivity index (χ2v) is 5.02. The van der Waals surface area contributed by atoms with E-state index in [0.29, 0.717) is 35.8 Å². The molecular formula is C11H16BrN3O3. The van der Waals surface area contributed by atoms with Crippen LogP contribution in [0.2, 0.25) is 0 Å². The smallest absolute Gasteiger partial charge is 0.311 e. The Hall–Kier alpha value is -1.21. The third-order valence-corrected chi connectivity index (χ3v) is 2.68. The first-order valence-corrected chi connectivity index (χ1v) is 6.41. The number of aromatic nitrogens is 1. The van der Waals surface area contributed by atoms with Crippen LogP contribution in [0.1, 0.15) is 13.8 Å². The highest BCUT2D eigenvalue weighted by atomic mass is 79.9. The molecule has 0 spiro atoms. The van der Waals surface area contributed by atoms with E-state index < -0.39 is 4.92 Å². The average Bonchev–Trinajstić information content (AvgIpc) is 2.29. The summed E-state index contributed by atoms with van der Waals surface area (Å²) >= 11 is 3.24. The van der Waals surface area contributed by atoms with Crippen LogP contribution in [0.5, 0.6) is 0 Å². The van der Waals surface area contributed by atoms with E-state index in [1.807, 2.05) is 0 Å². The maximum absolute atomic E-state index is 10.8. The molecule has 0 amide bonds. The quantitative estimate of drug-likeness (QED) is 0.475. The lowest BCUT2D eigenvalue weighted by Gasteiger charge is -2.10. The number of nitro groups is 1. The highest BCUT2D eigenvalue weighted by molar-refractivity contribution is 9.10. The molecule has 1 heterocycles. The summed E-state index contributed by atoms with van der Waals surface area (Å²) in [5, 5.41) is 13.8. The van der Waals surface area contributed by atoms with Gasteiger partial charge in [0.2, 0.25) is 0 Å². The van der Waals surface area contributed by atoms with E-state index in [1.54, 1.807) is 0 Å². The van der Waals surface area contributed by atoms with Gasteiger partial charge in [0.25, 0.3) is 0 Å². The van der Waals surface area contributed by atoms with Crippen LogP contribution in [-0.2, 0) is 4.74 Å². The van der Waals surface area contributed by atoms with Crippen molar-refractivity contribution in [3.8, 4) is 0 Å². The van der Waals surface area contributed by atoms with Gasteiger partial charge < -0.3 is 10.1 Å². The lowest BCUT2D eigenvalue weighted by Crippen LogP contribution is -2.13. The Kier molecular flexibility index (Phi) is 6.00. The molecule has 0 unspecified atom stereocenters. The predicted octanol–water partition coefficient (Wildman–Crippen LogP) is 2.84. The van der Waals surface area contributed by atoms with Crippen molar-refractivity contribution < 1.29 is 9.66 Å². The van der Waals surface area contributed by atoms with Gasteiger partial charge in [-0.05, 0) is 21.8 Å². The predicted molar refractivity (Wildman–Crippen MR) is 72.7 cm³/mol. The van der Waals surface area contributed by atoms with Crippen LogP contribution in [0.4, 0.5) is 11.4 Å². The molecule has 7 heteroatoms. The van der Waals surface area contributed by atoms with E-state index in [1.165, 1.54) is 12.4 Å². The van der Waals surface area contributed by atoms with Crippen molar-refractivity contribution in [2.45, 2.75) is 13.8 Å². The van der Waals surface area contributed by atoms with Crippen LogP contribution in [0.3, 0.4) is 0 Å². The standard InChI is InChI=1S/C11H16BrN3O3/c1-8(2)7-18-4-3-14-11-9(12)5-13-6-10(11)15(16)17/h5-6,8H,3-4,7H2,1-2H3,(H,13,14). The zero-order chi connectivity index (χ0) is 13.5. The van der Waals surface area contributed by atoms with Crippen molar-refractivity contribution in [1.29, 1.82) is 0 Å². The normalized spacial score (nSPS) is 10.7. The van der Waals surface area contributed by atoms with Crippen LogP contribution in [-0.4, -0.2) is 29.7 Å². The number of hydrogen-bond donors (Lipinski definition) is 1. The Morgan fingerprint density at radius 2 is 2.28 bits per heavy atom. The Morgan fingerprint density at radius 1 is 1.56 bits per heavy atom. The fourth-order valence-electron chi connectivity index (χ4n) is 1.31. The first kappa shape index (κ1) is 14.8. The number of ether oxygens (including phenoxy) is 1. The number of pyridine rings is 1. The maximum atomic E-state index is 10.8. The van der Waals surface area contributed by atoms with E-state index in [9.17, 15) is 10.1 Å². The van der Waals surface area contributed by atoms with Gasteiger partial charge in [-0.1, -0.05) is 13.8 Å². The number of hydrogen-bond acceptors (Lipinski definition) is 5. The second-order valence-electron chi connectivity index (χ2n) is 4.17. The van der Waals surface area contributed by atoms with Gasteiger partial charge >= 0.3 is 5.69 Å². The molecule has 0 saturated carbocycles. The van der Waals surface area contributed by atoms with Gasteiger partial charge in [-0.25, -0.2) is 0 Å². The van der Waals surface area contributed by atoms with Crippen molar-refractivity contribution in [3.05, 3.63) is 27.0 Å². The third-order valence-electron chi connectivity index (χ3n) is 2.08. The summed E-state index contributed by atoms with van der Waals surface area (Å²) < 4.78 is 5.96. The van der Waals surface area contributed by atoms with Crippen LogP contribution in [0, 0.1) is 16.0 Å². The summed E-state index contributed by atoms with van der Waals surface area (Å²) in [5.41, 5.74) is 0.386. The molecule has 0 atom stereocenters.